The molecule has 1 aromatic heterocycles. The van der Waals surface area contributed by atoms with E-state index in [0.717, 1.165) is 5.56 Å². The predicted octanol–water partition coefficient (Wildman–Crippen LogP) is 1.21. The highest BCUT2D eigenvalue weighted by Gasteiger charge is 2.45. The second kappa shape index (κ2) is 8.85. The second-order valence-corrected chi connectivity index (χ2v) is 8.68. The van der Waals surface area contributed by atoms with Crippen LogP contribution in [0.15, 0.2) is 30.6 Å². The lowest BCUT2D eigenvalue weighted by Crippen LogP contribution is -2.54. The molecular formula is C23H24N6O6. The molecule has 2 aromatic rings. The first-order chi connectivity index (χ1) is 17.2. The van der Waals surface area contributed by atoms with Crippen LogP contribution in [-0.4, -0.2) is 73.5 Å². The molecule has 3 aliphatic rings. The normalized spacial score (nSPS) is 23.3. The summed E-state index contributed by atoms with van der Waals surface area (Å²) in [5.41, 5.74) is 1.37. The number of hydrogen-bond acceptors (Lipinski definition) is 7. The van der Waals surface area contributed by atoms with Crippen LogP contribution in [0.5, 0.6) is 0 Å². The zero-order valence-electron chi connectivity index (χ0n) is 19.7. The van der Waals surface area contributed by atoms with E-state index in [9.17, 15) is 24.0 Å². The zero-order valence-corrected chi connectivity index (χ0v) is 18.7. The molecule has 1 aromatic carbocycles. The molecule has 0 aliphatic carbocycles. The minimum absolute atomic E-state index is 0.0762. The van der Waals surface area contributed by atoms with E-state index in [1.54, 1.807) is 18.3 Å². The summed E-state index contributed by atoms with van der Waals surface area (Å²) in [5, 5.41) is 18.7. The molecule has 0 radical (unpaired) electrons. The molecular weight excluding hydrogens is 456 g/mol. The molecule has 1 unspecified atom stereocenters. The number of nitrogens with one attached hydrogen (secondary N) is 2. The lowest BCUT2D eigenvalue weighted by Gasteiger charge is -2.30. The van der Waals surface area contributed by atoms with Crippen molar-refractivity contribution >= 4 is 35.4 Å². The maximum Gasteiger partial charge on any atom is 0.407 e. The van der Waals surface area contributed by atoms with Crippen LogP contribution in [0, 0.1) is 0 Å². The van der Waals surface area contributed by atoms with Gasteiger partial charge in [0.2, 0.25) is 11.8 Å². The molecule has 3 N–H and O–H groups in total. The zero-order chi connectivity index (χ0) is 25.6. The molecule has 12 heteroatoms. The van der Waals surface area contributed by atoms with Crippen molar-refractivity contribution in [2.75, 3.05) is 18.4 Å². The van der Waals surface area contributed by atoms with Crippen LogP contribution in [0.1, 0.15) is 59.4 Å². The van der Waals surface area contributed by atoms with E-state index in [0.29, 0.717) is 43.1 Å². The van der Waals surface area contributed by atoms with Crippen molar-refractivity contribution < 1.29 is 30.4 Å². The number of carbonyl (C=O) groups is 5. The van der Waals surface area contributed by atoms with Crippen LogP contribution in [0.3, 0.4) is 0 Å². The lowest BCUT2D eigenvalue weighted by molar-refractivity contribution is -0.136. The summed E-state index contributed by atoms with van der Waals surface area (Å²) in [7, 11) is 0. The fraction of sp³-hybridized carbons (Fsp3) is 0.391. The number of hydrogen-bond donors (Lipinski definition) is 3. The summed E-state index contributed by atoms with van der Waals surface area (Å²) in [4.78, 5) is 63.4. The number of aromatic nitrogens is 2. The standard InChI is InChI=1S/C23H24N6O6/c30-18-5-4-17(20(31)26-18)29-21(32)15-2-1-3-16(19(15)22(29)33)24-10-13-11-25-28(12-13)14-6-8-27(9-7-14)23(34)35/h1-3,11-12,14,17,24H,4-10H2,(H,34,35)(H,26,30,31)/i17D. The Morgan fingerprint density at radius 3 is 2.66 bits per heavy atom. The smallest absolute Gasteiger partial charge is 0.407 e. The topological polar surface area (TPSA) is 154 Å². The quantitative estimate of drug-likeness (QED) is 0.539. The monoisotopic (exact) mass is 481 g/mol. The Balaban J connectivity index is 1.30. The minimum atomic E-state index is -2.20. The van der Waals surface area contributed by atoms with E-state index in [1.807, 2.05) is 16.2 Å². The molecule has 0 spiro atoms. The van der Waals surface area contributed by atoms with Gasteiger partial charge in [-0.25, -0.2) is 4.79 Å². The third-order valence-corrected chi connectivity index (χ3v) is 6.54. The fourth-order valence-corrected chi connectivity index (χ4v) is 4.69. The van der Waals surface area contributed by atoms with E-state index in [-0.39, 0.29) is 30.0 Å². The first-order valence-corrected chi connectivity index (χ1v) is 11.3. The Hall–Kier alpha value is -4.22. The molecule has 3 aliphatic heterocycles. The summed E-state index contributed by atoms with van der Waals surface area (Å²) >= 11 is 0. The van der Waals surface area contributed by atoms with Gasteiger partial charge in [-0.3, -0.25) is 34.1 Å². The highest BCUT2D eigenvalue weighted by atomic mass is 16.4. The van der Waals surface area contributed by atoms with Crippen LogP contribution < -0.4 is 10.6 Å². The number of carbonyl (C=O) groups excluding carboxylic acids is 4. The first kappa shape index (κ1) is 21.3. The molecule has 4 heterocycles. The number of piperidine rings is 2. The summed E-state index contributed by atoms with van der Waals surface area (Å²) in [5.74, 6) is -3.06. The fourth-order valence-electron chi connectivity index (χ4n) is 4.69. The van der Waals surface area contributed by atoms with Gasteiger partial charge in [0.25, 0.3) is 11.8 Å². The van der Waals surface area contributed by atoms with Crippen molar-refractivity contribution in [1.82, 2.24) is 24.9 Å². The number of rotatable bonds is 5. The number of likely N-dealkylation sites (tertiary alicyclic amines) is 1. The van der Waals surface area contributed by atoms with Gasteiger partial charge >= 0.3 is 6.09 Å². The van der Waals surface area contributed by atoms with Gasteiger partial charge in [-0.05, 0) is 31.4 Å². The maximum absolute atomic E-state index is 13.3. The first-order valence-electron chi connectivity index (χ1n) is 11.8. The maximum atomic E-state index is 13.3. The van der Waals surface area contributed by atoms with Crippen LogP contribution in [-0.2, 0) is 16.1 Å². The van der Waals surface area contributed by atoms with Gasteiger partial charge in [0.1, 0.15) is 6.02 Å². The highest BCUT2D eigenvalue weighted by Crippen LogP contribution is 2.32. The van der Waals surface area contributed by atoms with Gasteiger partial charge in [-0.2, -0.15) is 5.10 Å². The summed E-state index contributed by atoms with van der Waals surface area (Å²) in [6, 6.07) is 2.61. The van der Waals surface area contributed by atoms with Gasteiger partial charge in [-0.15, -0.1) is 0 Å². The molecule has 2 saturated heterocycles. The van der Waals surface area contributed by atoms with Crippen molar-refractivity contribution in [3.8, 4) is 0 Å². The molecule has 182 valence electrons. The van der Waals surface area contributed by atoms with Crippen molar-refractivity contribution in [3.05, 3.63) is 47.3 Å². The van der Waals surface area contributed by atoms with Crippen LogP contribution >= 0.6 is 0 Å². The predicted molar refractivity (Wildman–Crippen MR) is 121 cm³/mol. The Morgan fingerprint density at radius 1 is 1.17 bits per heavy atom. The summed E-state index contributed by atoms with van der Waals surface area (Å²) < 4.78 is 10.4. The van der Waals surface area contributed by atoms with E-state index >= 15 is 0 Å². The van der Waals surface area contributed by atoms with Crippen molar-refractivity contribution in [2.45, 2.75) is 44.3 Å². The second-order valence-electron chi connectivity index (χ2n) is 8.68. The van der Waals surface area contributed by atoms with Gasteiger partial charge in [-0.1, -0.05) is 6.07 Å². The van der Waals surface area contributed by atoms with E-state index in [2.05, 4.69) is 10.4 Å². The molecule has 2 fully saturated rings. The minimum Gasteiger partial charge on any atom is -0.465 e. The summed E-state index contributed by atoms with van der Waals surface area (Å²) in [6.07, 6.45) is 3.53. The Kier molecular flexibility index (Phi) is 5.39. The number of nitrogens with zero attached hydrogens (tertiary/aromatic N) is 4. The van der Waals surface area contributed by atoms with Gasteiger partial charge in [0.05, 0.1) is 24.7 Å². The number of fused-ring (bicyclic) bond motifs is 1. The third-order valence-electron chi connectivity index (χ3n) is 6.54. The van der Waals surface area contributed by atoms with E-state index in [1.165, 1.54) is 11.0 Å². The SMILES string of the molecule is [2H]C1(N2C(=O)c3cccc(NCc4cnn(C5CCN(C(=O)O)CC5)c4)c3C2=O)CCC(=O)NC1=O. The number of imide groups is 2. The molecule has 5 rings (SSSR count). The summed E-state index contributed by atoms with van der Waals surface area (Å²) in [6.45, 7) is 1.19. The molecule has 0 saturated carbocycles. The van der Waals surface area contributed by atoms with Crippen LogP contribution in [0.25, 0.3) is 0 Å². The largest absolute Gasteiger partial charge is 0.465 e. The Labute approximate surface area is 201 Å². The lowest BCUT2D eigenvalue weighted by atomic mass is 10.0. The average Bonchev–Trinajstić information content (AvgIpc) is 3.44. The van der Waals surface area contributed by atoms with Crippen LogP contribution in [0.4, 0.5) is 10.5 Å². The van der Waals surface area contributed by atoms with Gasteiger partial charge in [0.15, 0.2) is 0 Å². The van der Waals surface area contributed by atoms with Crippen molar-refractivity contribution in [1.29, 1.82) is 0 Å². The van der Waals surface area contributed by atoms with Crippen molar-refractivity contribution in [2.24, 2.45) is 0 Å². The van der Waals surface area contributed by atoms with Crippen LogP contribution in [0.2, 0.25) is 0 Å². The Bertz CT molecular complexity index is 1290. The van der Waals surface area contributed by atoms with Gasteiger partial charge < -0.3 is 15.3 Å². The molecule has 35 heavy (non-hydrogen) atoms. The number of anilines is 1. The van der Waals surface area contributed by atoms with E-state index in [4.69, 9.17) is 6.48 Å². The third kappa shape index (κ3) is 4.11. The number of carboxylic acid groups (broad SMARTS) is 1. The number of benzene rings is 1. The highest BCUT2D eigenvalue weighted by molar-refractivity contribution is 6.25. The molecule has 12 nitrogen and oxygen atoms in total. The molecule has 5 amide bonds. The van der Waals surface area contributed by atoms with Gasteiger partial charge in [0, 0.05) is 43.5 Å². The average molecular weight is 481 g/mol. The molecule has 0 bridgehead atoms. The number of amides is 5. The van der Waals surface area contributed by atoms with E-state index < -0.39 is 35.7 Å². The molecule has 1 atom stereocenters. The Morgan fingerprint density at radius 2 is 1.94 bits per heavy atom. The van der Waals surface area contributed by atoms with Crippen molar-refractivity contribution in [3.63, 3.8) is 0 Å².